The molecule has 5 nitrogen and oxygen atoms in total. The highest BCUT2D eigenvalue weighted by Crippen LogP contribution is 2.45. The van der Waals surface area contributed by atoms with Gasteiger partial charge in [0, 0.05) is 34.3 Å². The normalized spacial score (nSPS) is 12.4. The van der Waals surface area contributed by atoms with Crippen LogP contribution >= 0.6 is 15.9 Å². The number of H-pyrrole nitrogens is 1. The van der Waals surface area contributed by atoms with Gasteiger partial charge in [-0.3, -0.25) is 4.79 Å². The van der Waals surface area contributed by atoms with Crippen LogP contribution in [0.4, 0.5) is 0 Å². The summed E-state index contributed by atoms with van der Waals surface area (Å²) < 4.78 is 17.7. The molecule has 0 bridgehead atoms. The molecule has 3 aromatic rings. The maximum Gasteiger partial charge on any atom is 0.302 e. The van der Waals surface area contributed by atoms with Crippen LogP contribution in [0, 0.1) is 6.92 Å². The highest BCUT2D eigenvalue weighted by atomic mass is 79.9. The fraction of sp³-hybridized carbons (Fsp3) is 0.350. The third-order valence-electron chi connectivity index (χ3n) is 4.56. The van der Waals surface area contributed by atoms with Gasteiger partial charge in [0.25, 0.3) is 0 Å². The molecule has 1 heterocycles. The van der Waals surface area contributed by atoms with Gasteiger partial charge in [-0.2, -0.15) is 0 Å². The number of fused-ring (bicyclic) bond motifs is 3. The molecule has 2 aromatic carbocycles. The number of nitrogens with one attached hydrogen (secondary N) is 1. The Morgan fingerprint density at radius 3 is 2.54 bits per heavy atom. The molecule has 0 aliphatic heterocycles. The van der Waals surface area contributed by atoms with Crippen LogP contribution in [0.3, 0.4) is 0 Å². The predicted octanol–water partition coefficient (Wildman–Crippen LogP) is 4.90. The molecule has 0 saturated heterocycles. The number of ether oxygens (including phenoxy) is 3. The number of halogens is 1. The summed E-state index contributed by atoms with van der Waals surface area (Å²) in [7, 11) is 3.29. The second-order valence-corrected chi connectivity index (χ2v) is 7.27. The summed E-state index contributed by atoms with van der Waals surface area (Å²) in [6.07, 6.45) is 0.335. The lowest BCUT2D eigenvalue weighted by Gasteiger charge is -2.19. The average Bonchev–Trinajstić information content (AvgIpc) is 2.94. The average molecular weight is 420 g/mol. The van der Waals surface area contributed by atoms with Crippen molar-refractivity contribution in [3.63, 3.8) is 0 Å². The van der Waals surface area contributed by atoms with Gasteiger partial charge in [0.1, 0.15) is 6.10 Å². The zero-order valence-corrected chi connectivity index (χ0v) is 17.1. The van der Waals surface area contributed by atoms with Crippen LogP contribution in [0.15, 0.2) is 22.7 Å². The van der Waals surface area contributed by atoms with Crippen molar-refractivity contribution in [2.24, 2.45) is 0 Å². The largest absolute Gasteiger partial charge is 0.493 e. The fourth-order valence-corrected chi connectivity index (χ4v) is 3.90. The van der Waals surface area contributed by atoms with Crippen molar-refractivity contribution in [3.05, 3.63) is 33.8 Å². The van der Waals surface area contributed by atoms with Crippen LogP contribution in [-0.2, 0) is 16.0 Å². The number of carbonyl (C=O) groups is 1. The van der Waals surface area contributed by atoms with E-state index in [1.165, 1.54) is 6.92 Å². The van der Waals surface area contributed by atoms with Gasteiger partial charge in [0.15, 0.2) is 11.5 Å². The minimum Gasteiger partial charge on any atom is -0.493 e. The Bertz CT molecular complexity index is 993. The third-order valence-corrected chi connectivity index (χ3v) is 5.05. The summed E-state index contributed by atoms with van der Waals surface area (Å²) in [5.41, 5.74) is 4.02. The van der Waals surface area contributed by atoms with E-state index >= 15 is 0 Å². The number of rotatable bonds is 5. The van der Waals surface area contributed by atoms with Crippen molar-refractivity contribution in [1.82, 2.24) is 4.98 Å². The second-order valence-electron chi connectivity index (χ2n) is 6.36. The van der Waals surface area contributed by atoms with E-state index < -0.39 is 0 Å². The monoisotopic (exact) mass is 419 g/mol. The molecule has 26 heavy (non-hydrogen) atoms. The number of benzene rings is 2. The van der Waals surface area contributed by atoms with Crippen LogP contribution in [-0.4, -0.2) is 31.3 Å². The molecular formula is C20H22BrNO4. The summed E-state index contributed by atoms with van der Waals surface area (Å²) in [4.78, 5) is 14.8. The van der Waals surface area contributed by atoms with E-state index in [0.29, 0.717) is 17.9 Å². The minimum atomic E-state index is -0.285. The second kappa shape index (κ2) is 7.19. The molecule has 3 rings (SSSR count). The number of hydrogen-bond acceptors (Lipinski definition) is 4. The number of aromatic amines is 1. The van der Waals surface area contributed by atoms with E-state index in [9.17, 15) is 4.79 Å². The van der Waals surface area contributed by atoms with Crippen molar-refractivity contribution in [1.29, 1.82) is 0 Å². The van der Waals surface area contributed by atoms with Crippen LogP contribution in [0.25, 0.3) is 21.8 Å². The molecule has 0 radical (unpaired) electrons. The lowest BCUT2D eigenvalue weighted by atomic mass is 9.97. The molecule has 138 valence electrons. The van der Waals surface area contributed by atoms with Crippen molar-refractivity contribution >= 4 is 43.7 Å². The first-order chi connectivity index (χ1) is 12.4. The number of aromatic nitrogens is 1. The SMILES string of the molecule is COc1c(C)c(CC(C)OC(C)=O)c2[nH]c3ccc(Br)cc3c2c1OC. The van der Waals surface area contributed by atoms with E-state index in [2.05, 4.69) is 27.0 Å². The Morgan fingerprint density at radius 2 is 1.92 bits per heavy atom. The Kier molecular flexibility index (Phi) is 5.14. The molecule has 0 aliphatic rings. The van der Waals surface area contributed by atoms with Gasteiger partial charge < -0.3 is 19.2 Å². The quantitative estimate of drug-likeness (QED) is 0.597. The van der Waals surface area contributed by atoms with Gasteiger partial charge in [-0.1, -0.05) is 15.9 Å². The van der Waals surface area contributed by atoms with Gasteiger partial charge in [0.05, 0.1) is 25.1 Å². The van der Waals surface area contributed by atoms with Crippen LogP contribution < -0.4 is 9.47 Å². The summed E-state index contributed by atoms with van der Waals surface area (Å²) in [5, 5.41) is 2.02. The molecule has 0 spiro atoms. The first-order valence-electron chi connectivity index (χ1n) is 8.38. The van der Waals surface area contributed by atoms with Crippen LogP contribution in [0.2, 0.25) is 0 Å². The highest BCUT2D eigenvalue weighted by Gasteiger charge is 2.23. The van der Waals surface area contributed by atoms with E-state index in [-0.39, 0.29) is 12.1 Å². The number of carbonyl (C=O) groups excluding carboxylic acids is 1. The van der Waals surface area contributed by atoms with Crippen molar-refractivity contribution in [3.8, 4) is 11.5 Å². The Hall–Kier alpha value is -2.21. The smallest absolute Gasteiger partial charge is 0.302 e. The molecule has 0 fully saturated rings. The van der Waals surface area contributed by atoms with E-state index in [4.69, 9.17) is 14.2 Å². The molecule has 1 unspecified atom stereocenters. The van der Waals surface area contributed by atoms with Crippen LogP contribution in [0.1, 0.15) is 25.0 Å². The number of hydrogen-bond donors (Lipinski definition) is 1. The number of methoxy groups -OCH3 is 2. The summed E-state index contributed by atoms with van der Waals surface area (Å²) in [6.45, 7) is 5.31. The molecular weight excluding hydrogens is 398 g/mol. The summed E-state index contributed by atoms with van der Waals surface area (Å²) in [5.74, 6) is 1.12. The zero-order chi connectivity index (χ0) is 19.0. The maximum absolute atomic E-state index is 11.3. The Morgan fingerprint density at radius 1 is 1.23 bits per heavy atom. The van der Waals surface area contributed by atoms with Crippen LogP contribution in [0.5, 0.6) is 11.5 Å². The van der Waals surface area contributed by atoms with Gasteiger partial charge >= 0.3 is 5.97 Å². The number of esters is 1. The lowest BCUT2D eigenvalue weighted by Crippen LogP contribution is -2.16. The van der Waals surface area contributed by atoms with Gasteiger partial charge in [-0.15, -0.1) is 0 Å². The molecule has 1 aromatic heterocycles. The molecule has 0 aliphatic carbocycles. The minimum absolute atomic E-state index is 0.245. The van der Waals surface area contributed by atoms with E-state index in [1.54, 1.807) is 14.2 Å². The van der Waals surface area contributed by atoms with Crippen molar-refractivity contribution in [2.45, 2.75) is 33.3 Å². The maximum atomic E-state index is 11.3. The topological polar surface area (TPSA) is 60.5 Å². The third kappa shape index (κ3) is 3.14. The summed E-state index contributed by atoms with van der Waals surface area (Å²) >= 11 is 3.54. The lowest BCUT2D eigenvalue weighted by molar-refractivity contribution is -0.145. The Labute approximate surface area is 160 Å². The highest BCUT2D eigenvalue weighted by molar-refractivity contribution is 9.10. The van der Waals surface area contributed by atoms with Gasteiger partial charge in [-0.05, 0) is 37.6 Å². The molecule has 0 amide bonds. The standard InChI is InChI=1S/C20H22BrNO4/c1-10(26-12(3)23)8-14-11(2)19(24-4)20(25-5)17-15-9-13(21)6-7-16(15)22-18(14)17/h6-7,9-10,22H,8H2,1-5H3. The van der Waals surface area contributed by atoms with Crippen molar-refractivity contribution < 1.29 is 19.0 Å². The zero-order valence-electron chi connectivity index (χ0n) is 15.5. The van der Waals surface area contributed by atoms with E-state index in [0.717, 1.165) is 37.4 Å². The first-order valence-corrected chi connectivity index (χ1v) is 9.18. The van der Waals surface area contributed by atoms with Gasteiger partial charge in [0.2, 0.25) is 0 Å². The first kappa shape index (κ1) is 18.6. The molecule has 0 saturated carbocycles. The van der Waals surface area contributed by atoms with Crippen molar-refractivity contribution in [2.75, 3.05) is 14.2 Å². The fourth-order valence-electron chi connectivity index (χ4n) is 3.54. The Balaban J connectivity index is 2.34. The molecule has 6 heteroatoms. The van der Waals surface area contributed by atoms with Gasteiger partial charge in [-0.25, -0.2) is 0 Å². The molecule has 1 atom stereocenters. The van der Waals surface area contributed by atoms with E-state index in [1.807, 2.05) is 26.0 Å². The predicted molar refractivity (Wildman–Crippen MR) is 106 cm³/mol. The summed E-state index contributed by atoms with van der Waals surface area (Å²) in [6, 6.07) is 6.08. The molecule has 1 N–H and O–H groups in total.